The second kappa shape index (κ2) is 8.97. The summed E-state index contributed by atoms with van der Waals surface area (Å²) >= 11 is 0. The second-order valence-corrected chi connectivity index (χ2v) is 8.27. The number of benzene rings is 2. The first-order valence-corrected chi connectivity index (χ1v) is 10.7. The van der Waals surface area contributed by atoms with Crippen LogP contribution in [0.3, 0.4) is 0 Å². The molecular weight excluding hydrogens is 428 g/mol. The molecule has 0 radical (unpaired) electrons. The first-order valence-electron chi connectivity index (χ1n) is 10.7. The van der Waals surface area contributed by atoms with Gasteiger partial charge in [-0.15, -0.1) is 0 Å². The molecule has 0 saturated heterocycles. The molecule has 0 spiro atoms. The van der Waals surface area contributed by atoms with Crippen molar-refractivity contribution in [1.82, 2.24) is 9.13 Å². The number of nitrogens with two attached hydrogens (primary N) is 1. The molecule has 2 N–H and O–H groups in total. The van der Waals surface area contributed by atoms with Crippen molar-refractivity contribution in [1.29, 1.82) is 0 Å². The van der Waals surface area contributed by atoms with Crippen LogP contribution in [0.1, 0.15) is 37.3 Å². The number of non-ortho nitro benzene ring substituents is 1. The van der Waals surface area contributed by atoms with E-state index in [0.717, 1.165) is 5.56 Å². The molecule has 1 aromatic heterocycles. The monoisotopic (exact) mass is 454 g/mol. The van der Waals surface area contributed by atoms with Crippen LogP contribution in [-0.4, -0.2) is 34.2 Å². The molecule has 1 amide bonds. The quantitative estimate of drug-likeness (QED) is 0.431. The Kier molecular flexibility index (Phi) is 6.08. The van der Waals surface area contributed by atoms with Crippen LogP contribution in [0, 0.1) is 16.0 Å². The van der Waals surface area contributed by atoms with Crippen molar-refractivity contribution in [3.05, 3.63) is 62.6 Å². The average Bonchev–Trinajstić information content (AvgIpc) is 3.09. The molecule has 3 aromatic rings. The fraction of sp³-hybridized carbons (Fsp3) is 0.391. The zero-order valence-corrected chi connectivity index (χ0v) is 18.5. The summed E-state index contributed by atoms with van der Waals surface area (Å²) in [5, 5.41) is 11.4. The summed E-state index contributed by atoms with van der Waals surface area (Å²) in [6.07, 6.45) is 2.50. The summed E-state index contributed by atoms with van der Waals surface area (Å²) in [6.45, 7) is 0.209. The summed E-state index contributed by atoms with van der Waals surface area (Å²) in [6, 6.07) is 9.73. The van der Waals surface area contributed by atoms with E-state index in [1.54, 1.807) is 34.4 Å². The van der Waals surface area contributed by atoms with Gasteiger partial charge in [0, 0.05) is 24.1 Å². The summed E-state index contributed by atoms with van der Waals surface area (Å²) in [5.74, 6) is 0.603. The summed E-state index contributed by atoms with van der Waals surface area (Å²) in [7, 11) is 3.08. The van der Waals surface area contributed by atoms with Crippen LogP contribution in [-0.2, 0) is 11.3 Å². The van der Waals surface area contributed by atoms with Gasteiger partial charge in [-0.25, -0.2) is 4.79 Å². The lowest BCUT2D eigenvalue weighted by Crippen LogP contribution is -2.33. The van der Waals surface area contributed by atoms with E-state index in [9.17, 15) is 19.7 Å². The maximum Gasteiger partial charge on any atom is 0.329 e. The SMILES string of the molecule is COc1ccc(Cn2c(=O)n(C3CCC(C(N)=O)CC3)c3ccc([N+](=O)[O-])cc32)cc1OC. The number of hydrogen-bond acceptors (Lipinski definition) is 6. The molecule has 1 aliphatic rings. The molecule has 10 nitrogen and oxygen atoms in total. The fourth-order valence-corrected chi connectivity index (χ4v) is 4.67. The van der Waals surface area contributed by atoms with E-state index in [1.807, 2.05) is 6.07 Å². The molecule has 4 rings (SSSR count). The van der Waals surface area contributed by atoms with Crippen LogP contribution in [0.5, 0.6) is 11.5 Å². The van der Waals surface area contributed by atoms with Gasteiger partial charge in [0.2, 0.25) is 5.91 Å². The Hall–Kier alpha value is -3.82. The highest BCUT2D eigenvalue weighted by Gasteiger charge is 2.29. The summed E-state index contributed by atoms with van der Waals surface area (Å²) in [4.78, 5) is 36.1. The largest absolute Gasteiger partial charge is 0.493 e. The van der Waals surface area contributed by atoms with Crippen molar-refractivity contribution in [2.75, 3.05) is 14.2 Å². The van der Waals surface area contributed by atoms with Gasteiger partial charge in [0.25, 0.3) is 5.69 Å². The molecule has 10 heteroatoms. The normalized spacial score (nSPS) is 18.2. The third-order valence-corrected chi connectivity index (χ3v) is 6.41. The van der Waals surface area contributed by atoms with Gasteiger partial charge in [0.15, 0.2) is 11.5 Å². The first kappa shape index (κ1) is 22.4. The summed E-state index contributed by atoms with van der Waals surface area (Å²) in [5.41, 5.74) is 7.03. The fourth-order valence-electron chi connectivity index (χ4n) is 4.67. The van der Waals surface area contributed by atoms with E-state index in [4.69, 9.17) is 15.2 Å². The zero-order chi connectivity index (χ0) is 23.7. The Bertz CT molecular complexity index is 1270. The van der Waals surface area contributed by atoms with E-state index >= 15 is 0 Å². The number of amides is 1. The minimum Gasteiger partial charge on any atom is -0.493 e. The van der Waals surface area contributed by atoms with E-state index in [0.29, 0.717) is 48.2 Å². The number of ether oxygens (including phenoxy) is 2. The molecule has 0 atom stereocenters. The highest BCUT2D eigenvalue weighted by Crippen LogP contribution is 2.34. The number of nitro groups is 1. The third-order valence-electron chi connectivity index (χ3n) is 6.41. The highest BCUT2D eigenvalue weighted by molar-refractivity contribution is 5.79. The van der Waals surface area contributed by atoms with Crippen molar-refractivity contribution in [3.8, 4) is 11.5 Å². The second-order valence-electron chi connectivity index (χ2n) is 8.27. The van der Waals surface area contributed by atoms with Gasteiger partial charge in [0.05, 0.1) is 36.7 Å². The Labute approximate surface area is 189 Å². The van der Waals surface area contributed by atoms with Gasteiger partial charge in [-0.2, -0.15) is 0 Å². The molecule has 0 unspecified atom stereocenters. The molecule has 1 fully saturated rings. The van der Waals surface area contributed by atoms with E-state index in [-0.39, 0.29) is 35.8 Å². The average molecular weight is 454 g/mol. The Morgan fingerprint density at radius 1 is 1.06 bits per heavy atom. The number of primary amides is 1. The van der Waals surface area contributed by atoms with Crippen LogP contribution in [0.25, 0.3) is 11.0 Å². The third kappa shape index (κ3) is 4.15. The molecule has 1 heterocycles. The van der Waals surface area contributed by atoms with Crippen LogP contribution in [0.4, 0.5) is 5.69 Å². The smallest absolute Gasteiger partial charge is 0.329 e. The molecule has 1 aliphatic carbocycles. The minimum absolute atomic E-state index is 0.0850. The van der Waals surface area contributed by atoms with Gasteiger partial charge >= 0.3 is 5.69 Å². The van der Waals surface area contributed by atoms with Gasteiger partial charge in [0.1, 0.15) is 0 Å². The van der Waals surface area contributed by atoms with Crippen molar-refractivity contribution in [3.63, 3.8) is 0 Å². The topological polar surface area (TPSA) is 132 Å². The Morgan fingerprint density at radius 2 is 1.76 bits per heavy atom. The molecule has 0 aliphatic heterocycles. The van der Waals surface area contributed by atoms with Crippen LogP contribution >= 0.6 is 0 Å². The lowest BCUT2D eigenvalue weighted by molar-refractivity contribution is -0.384. The zero-order valence-electron chi connectivity index (χ0n) is 18.5. The van der Waals surface area contributed by atoms with Gasteiger partial charge < -0.3 is 15.2 Å². The number of nitrogens with zero attached hydrogens (tertiary/aromatic N) is 3. The molecule has 33 heavy (non-hydrogen) atoms. The number of aromatic nitrogens is 2. The Balaban J connectivity index is 1.79. The first-order chi connectivity index (χ1) is 15.8. The number of carbonyl (C=O) groups is 1. The maximum absolute atomic E-state index is 13.6. The van der Waals surface area contributed by atoms with Gasteiger partial charge in [-0.1, -0.05) is 6.07 Å². The number of carbonyl (C=O) groups excluding carboxylic acids is 1. The minimum atomic E-state index is -0.472. The summed E-state index contributed by atoms with van der Waals surface area (Å²) < 4.78 is 13.9. The standard InChI is InChI=1S/C23H26N4O6/c1-32-20-10-3-14(11-21(20)33-2)13-25-19-12-17(27(30)31)8-9-18(19)26(23(25)29)16-6-4-15(5-7-16)22(24)28/h3,8-12,15-16H,4-7,13H2,1-2H3,(H2,24,28). The number of nitro benzene ring substituents is 1. The van der Waals surface area contributed by atoms with Crippen LogP contribution in [0.2, 0.25) is 0 Å². The molecule has 0 bridgehead atoms. The lowest BCUT2D eigenvalue weighted by Gasteiger charge is -2.27. The van der Waals surface area contributed by atoms with Crippen molar-refractivity contribution >= 4 is 22.6 Å². The Morgan fingerprint density at radius 3 is 2.36 bits per heavy atom. The van der Waals surface area contributed by atoms with Gasteiger partial charge in [-0.05, 0) is 49.4 Å². The molecular formula is C23H26N4O6. The molecule has 2 aromatic carbocycles. The lowest BCUT2D eigenvalue weighted by atomic mass is 9.85. The highest BCUT2D eigenvalue weighted by atomic mass is 16.6. The number of methoxy groups -OCH3 is 2. The maximum atomic E-state index is 13.6. The van der Waals surface area contributed by atoms with Gasteiger partial charge in [-0.3, -0.25) is 24.0 Å². The van der Waals surface area contributed by atoms with E-state index < -0.39 is 4.92 Å². The predicted octanol–water partition coefficient (Wildman–Crippen LogP) is 2.99. The molecule has 1 saturated carbocycles. The predicted molar refractivity (Wildman–Crippen MR) is 122 cm³/mol. The number of fused-ring (bicyclic) bond motifs is 1. The van der Waals surface area contributed by atoms with E-state index in [2.05, 4.69) is 0 Å². The van der Waals surface area contributed by atoms with Crippen LogP contribution in [0.15, 0.2) is 41.2 Å². The molecule has 174 valence electrons. The number of rotatable bonds is 7. The number of imidazole rings is 1. The van der Waals surface area contributed by atoms with Crippen molar-refractivity contribution < 1.29 is 19.2 Å². The number of hydrogen-bond donors (Lipinski definition) is 1. The van der Waals surface area contributed by atoms with E-state index in [1.165, 1.54) is 19.2 Å². The van der Waals surface area contributed by atoms with Crippen LogP contribution < -0.4 is 20.9 Å². The van der Waals surface area contributed by atoms with Crippen molar-refractivity contribution in [2.45, 2.75) is 38.3 Å². The van der Waals surface area contributed by atoms with Crippen molar-refractivity contribution in [2.24, 2.45) is 11.7 Å².